The third-order valence-electron chi connectivity index (χ3n) is 5.15. The Morgan fingerprint density at radius 2 is 2.12 bits per heavy atom. The molecule has 3 atom stereocenters. The molecule has 2 rings (SSSR count). The molecule has 0 radical (unpaired) electrons. The van der Waals surface area contributed by atoms with Gasteiger partial charge in [-0.3, -0.25) is 9.69 Å². The van der Waals surface area contributed by atoms with Crippen LogP contribution in [-0.4, -0.2) is 37.6 Å². The summed E-state index contributed by atoms with van der Waals surface area (Å²) in [7, 11) is 3.64. The standard InChI is InChI=1S/C19H29BrN2O2/c1-13-6-5-7-17(14(13)2)21-19(23)12-22(3)11-15-10-16(20)8-9-18(15)24-4/h8-10,13-14,17H,5-7,11-12H2,1-4H3,(H,21,23). The van der Waals surface area contributed by atoms with Gasteiger partial charge in [-0.25, -0.2) is 0 Å². The fraction of sp³-hybridized carbons (Fsp3) is 0.632. The molecule has 1 aliphatic carbocycles. The predicted molar refractivity (Wildman–Crippen MR) is 101 cm³/mol. The number of hydrogen-bond acceptors (Lipinski definition) is 3. The van der Waals surface area contributed by atoms with E-state index in [0.29, 0.717) is 31.0 Å². The van der Waals surface area contributed by atoms with Crippen molar-refractivity contribution < 1.29 is 9.53 Å². The maximum Gasteiger partial charge on any atom is 0.234 e. The zero-order valence-electron chi connectivity index (χ0n) is 15.1. The minimum Gasteiger partial charge on any atom is -0.496 e. The lowest BCUT2D eigenvalue weighted by atomic mass is 9.78. The van der Waals surface area contributed by atoms with Crippen LogP contribution < -0.4 is 10.1 Å². The largest absolute Gasteiger partial charge is 0.496 e. The molecule has 0 aromatic heterocycles. The molecule has 5 heteroatoms. The molecule has 24 heavy (non-hydrogen) atoms. The van der Waals surface area contributed by atoms with Crippen LogP contribution in [0.4, 0.5) is 0 Å². The van der Waals surface area contributed by atoms with E-state index in [-0.39, 0.29) is 5.91 Å². The number of carbonyl (C=O) groups excluding carboxylic acids is 1. The smallest absolute Gasteiger partial charge is 0.234 e. The summed E-state index contributed by atoms with van der Waals surface area (Å²) in [6.07, 6.45) is 3.58. The second-order valence-corrected chi connectivity index (χ2v) is 7.99. The summed E-state index contributed by atoms with van der Waals surface area (Å²) >= 11 is 3.49. The minimum absolute atomic E-state index is 0.109. The number of likely N-dealkylation sites (N-methyl/N-ethyl adjacent to an activating group) is 1. The number of rotatable bonds is 6. The number of benzene rings is 1. The van der Waals surface area contributed by atoms with E-state index >= 15 is 0 Å². The highest BCUT2D eigenvalue weighted by Crippen LogP contribution is 2.29. The zero-order chi connectivity index (χ0) is 17.7. The highest BCUT2D eigenvalue weighted by Gasteiger charge is 2.28. The zero-order valence-corrected chi connectivity index (χ0v) is 16.7. The molecule has 4 nitrogen and oxygen atoms in total. The molecule has 1 aromatic carbocycles. The topological polar surface area (TPSA) is 41.6 Å². The molecule has 1 fully saturated rings. The van der Waals surface area contributed by atoms with E-state index in [0.717, 1.165) is 22.2 Å². The Hall–Kier alpha value is -1.07. The van der Waals surface area contributed by atoms with E-state index in [1.807, 2.05) is 30.1 Å². The Bertz CT molecular complexity index is 564. The Morgan fingerprint density at radius 1 is 1.38 bits per heavy atom. The second-order valence-electron chi connectivity index (χ2n) is 7.07. The lowest BCUT2D eigenvalue weighted by molar-refractivity contribution is -0.123. The molecule has 0 saturated heterocycles. The van der Waals surface area contributed by atoms with Crippen molar-refractivity contribution >= 4 is 21.8 Å². The summed E-state index contributed by atoms with van der Waals surface area (Å²) in [5, 5.41) is 3.23. The van der Waals surface area contributed by atoms with Gasteiger partial charge in [0.05, 0.1) is 13.7 Å². The monoisotopic (exact) mass is 396 g/mol. The fourth-order valence-electron chi connectivity index (χ4n) is 3.50. The van der Waals surface area contributed by atoms with Crippen LogP contribution in [0.2, 0.25) is 0 Å². The molecular weight excluding hydrogens is 368 g/mol. The summed E-state index contributed by atoms with van der Waals surface area (Å²) in [6.45, 7) is 5.61. The average Bonchev–Trinajstić information content (AvgIpc) is 2.52. The molecule has 0 heterocycles. The lowest BCUT2D eigenvalue weighted by Crippen LogP contribution is -2.46. The molecule has 1 amide bonds. The van der Waals surface area contributed by atoms with Crippen LogP contribution in [0.5, 0.6) is 5.75 Å². The quantitative estimate of drug-likeness (QED) is 0.793. The highest BCUT2D eigenvalue weighted by molar-refractivity contribution is 9.10. The minimum atomic E-state index is 0.109. The highest BCUT2D eigenvalue weighted by atomic mass is 79.9. The van der Waals surface area contributed by atoms with Crippen LogP contribution in [0, 0.1) is 11.8 Å². The number of nitrogens with zero attached hydrogens (tertiary/aromatic N) is 1. The Labute approximate surface area is 154 Å². The van der Waals surface area contributed by atoms with E-state index in [1.54, 1.807) is 7.11 Å². The van der Waals surface area contributed by atoms with Crippen molar-refractivity contribution in [3.8, 4) is 5.75 Å². The summed E-state index contributed by atoms with van der Waals surface area (Å²) in [4.78, 5) is 14.4. The number of amides is 1. The van der Waals surface area contributed by atoms with Gasteiger partial charge in [0.15, 0.2) is 0 Å². The number of hydrogen-bond donors (Lipinski definition) is 1. The van der Waals surface area contributed by atoms with E-state index in [1.165, 1.54) is 12.8 Å². The summed E-state index contributed by atoms with van der Waals surface area (Å²) in [5.41, 5.74) is 1.07. The van der Waals surface area contributed by atoms with Gasteiger partial charge in [0, 0.05) is 22.6 Å². The van der Waals surface area contributed by atoms with Crippen LogP contribution >= 0.6 is 15.9 Å². The van der Waals surface area contributed by atoms with Crippen molar-refractivity contribution in [2.75, 3.05) is 20.7 Å². The molecule has 0 spiro atoms. The van der Waals surface area contributed by atoms with Crippen LogP contribution in [-0.2, 0) is 11.3 Å². The molecule has 134 valence electrons. The SMILES string of the molecule is COc1ccc(Br)cc1CN(C)CC(=O)NC1CCCC(C)C1C. The molecular formula is C19H29BrN2O2. The first-order chi connectivity index (χ1) is 11.4. The van der Waals surface area contributed by atoms with Gasteiger partial charge in [-0.15, -0.1) is 0 Å². The summed E-state index contributed by atoms with van der Waals surface area (Å²) in [6, 6.07) is 6.26. The number of ether oxygens (including phenoxy) is 1. The van der Waals surface area contributed by atoms with Crippen molar-refractivity contribution in [1.29, 1.82) is 0 Å². The summed E-state index contributed by atoms with van der Waals surface area (Å²) in [5.74, 6) is 2.20. The number of nitrogens with one attached hydrogen (secondary N) is 1. The van der Waals surface area contributed by atoms with Gasteiger partial charge in [0.1, 0.15) is 5.75 Å². The first-order valence-electron chi connectivity index (χ1n) is 8.71. The molecule has 3 unspecified atom stereocenters. The molecule has 1 aromatic rings. The fourth-order valence-corrected chi connectivity index (χ4v) is 3.91. The van der Waals surface area contributed by atoms with Gasteiger partial charge in [-0.2, -0.15) is 0 Å². The lowest BCUT2D eigenvalue weighted by Gasteiger charge is -2.35. The first kappa shape index (κ1) is 19.3. The maximum absolute atomic E-state index is 12.4. The van der Waals surface area contributed by atoms with Gasteiger partial charge >= 0.3 is 0 Å². The maximum atomic E-state index is 12.4. The van der Waals surface area contributed by atoms with Gasteiger partial charge in [0.25, 0.3) is 0 Å². The van der Waals surface area contributed by atoms with Crippen molar-refractivity contribution in [1.82, 2.24) is 10.2 Å². The van der Waals surface area contributed by atoms with Gasteiger partial charge in [-0.1, -0.05) is 42.6 Å². The Kier molecular flexibility index (Phi) is 7.11. The van der Waals surface area contributed by atoms with Gasteiger partial charge in [-0.05, 0) is 43.5 Å². The van der Waals surface area contributed by atoms with Crippen LogP contribution in [0.1, 0.15) is 38.7 Å². The Morgan fingerprint density at radius 3 is 2.83 bits per heavy atom. The van der Waals surface area contributed by atoms with Gasteiger partial charge < -0.3 is 10.1 Å². The summed E-state index contributed by atoms with van der Waals surface area (Å²) < 4.78 is 6.42. The van der Waals surface area contributed by atoms with Crippen LogP contribution in [0.3, 0.4) is 0 Å². The normalized spacial score (nSPS) is 24.0. The number of halogens is 1. The van der Waals surface area contributed by atoms with E-state index in [2.05, 4.69) is 35.1 Å². The third-order valence-corrected chi connectivity index (χ3v) is 5.64. The second kappa shape index (κ2) is 8.86. The molecule has 1 aliphatic rings. The third kappa shape index (κ3) is 5.21. The van der Waals surface area contributed by atoms with Crippen molar-refractivity contribution in [3.05, 3.63) is 28.2 Å². The average molecular weight is 397 g/mol. The van der Waals surface area contributed by atoms with E-state index in [9.17, 15) is 4.79 Å². The predicted octanol–water partition coefficient (Wildman–Crippen LogP) is 3.83. The van der Waals surface area contributed by atoms with Crippen LogP contribution in [0.25, 0.3) is 0 Å². The van der Waals surface area contributed by atoms with Gasteiger partial charge in [0.2, 0.25) is 5.91 Å². The first-order valence-corrected chi connectivity index (χ1v) is 9.50. The van der Waals surface area contributed by atoms with Crippen molar-refractivity contribution in [2.24, 2.45) is 11.8 Å². The van der Waals surface area contributed by atoms with E-state index < -0.39 is 0 Å². The number of carbonyl (C=O) groups is 1. The molecule has 0 bridgehead atoms. The van der Waals surface area contributed by atoms with E-state index in [4.69, 9.17) is 4.74 Å². The molecule has 0 aliphatic heterocycles. The molecule has 1 saturated carbocycles. The number of methoxy groups -OCH3 is 1. The van der Waals surface area contributed by atoms with Crippen molar-refractivity contribution in [2.45, 2.75) is 45.7 Å². The van der Waals surface area contributed by atoms with Crippen molar-refractivity contribution in [3.63, 3.8) is 0 Å². The molecule has 1 N–H and O–H groups in total. The Balaban J connectivity index is 1.89. The van der Waals surface area contributed by atoms with Crippen LogP contribution in [0.15, 0.2) is 22.7 Å².